The summed E-state index contributed by atoms with van der Waals surface area (Å²) < 4.78 is 44.6. The molecule has 0 fully saturated rings. The number of hydrogen-bond acceptors (Lipinski definition) is 5. The van der Waals surface area contributed by atoms with Crippen molar-refractivity contribution < 1.29 is 27.9 Å². The molecule has 0 spiro atoms. The highest BCUT2D eigenvalue weighted by atomic mass is 19.4. The van der Waals surface area contributed by atoms with Crippen molar-refractivity contribution in [3.63, 3.8) is 0 Å². The minimum absolute atomic E-state index is 0.0144. The third-order valence-electron chi connectivity index (χ3n) is 3.66. The summed E-state index contributed by atoms with van der Waals surface area (Å²) in [6.45, 7) is 0. The van der Waals surface area contributed by atoms with Gasteiger partial charge in [-0.15, -0.1) is 0 Å². The average Bonchev–Trinajstić information content (AvgIpc) is 3.00. The van der Waals surface area contributed by atoms with Crippen LogP contribution < -0.4 is 10.2 Å². The molecular weight excluding hydrogens is 351 g/mol. The molecular formula is C17H10F3N3O3. The Morgan fingerprint density at radius 1 is 1.31 bits per heavy atom. The first-order valence-corrected chi connectivity index (χ1v) is 7.26. The number of hydroxylamine groups is 1. The molecule has 3 rings (SSSR count). The van der Waals surface area contributed by atoms with Crippen molar-refractivity contribution in [1.29, 1.82) is 5.26 Å². The molecule has 132 valence electrons. The number of hydrogen-bond donors (Lipinski definition) is 2. The van der Waals surface area contributed by atoms with Crippen molar-refractivity contribution in [2.75, 3.05) is 0 Å². The maximum Gasteiger partial charge on any atom is 0.417 e. The molecule has 0 atom stereocenters. The number of aliphatic imine (C=N–C) groups is 1. The van der Waals surface area contributed by atoms with E-state index in [0.29, 0.717) is 0 Å². The van der Waals surface area contributed by atoms with Gasteiger partial charge in [0.15, 0.2) is 5.90 Å². The van der Waals surface area contributed by atoms with Crippen molar-refractivity contribution in [3.8, 4) is 11.8 Å². The quantitative estimate of drug-likeness (QED) is 0.633. The van der Waals surface area contributed by atoms with Gasteiger partial charge < -0.3 is 4.74 Å². The van der Waals surface area contributed by atoms with Crippen LogP contribution in [-0.4, -0.2) is 17.0 Å². The summed E-state index contributed by atoms with van der Waals surface area (Å²) in [4.78, 5) is 15.5. The zero-order chi connectivity index (χ0) is 18.9. The topological polar surface area (TPSA) is 94.7 Å². The van der Waals surface area contributed by atoms with Crippen LogP contribution in [0.4, 0.5) is 18.9 Å². The number of alkyl halides is 3. The number of nitrogens with zero attached hydrogens (tertiary/aromatic N) is 2. The molecule has 9 heteroatoms. The molecule has 1 heterocycles. The van der Waals surface area contributed by atoms with Gasteiger partial charge in [-0.25, -0.2) is 10.5 Å². The van der Waals surface area contributed by atoms with Crippen LogP contribution >= 0.6 is 0 Å². The molecule has 6 nitrogen and oxygen atoms in total. The van der Waals surface area contributed by atoms with Gasteiger partial charge in [0, 0.05) is 5.56 Å². The highest BCUT2D eigenvalue weighted by molar-refractivity contribution is 5.94. The Kier molecular flexibility index (Phi) is 4.36. The number of halogens is 3. The number of rotatable bonds is 2. The summed E-state index contributed by atoms with van der Waals surface area (Å²) in [5.74, 6) is -0.375. The number of carbonyl (C=O) groups is 1. The number of benzene rings is 2. The zero-order valence-corrected chi connectivity index (χ0v) is 13.0. The Balaban J connectivity index is 1.87. The largest absolute Gasteiger partial charge is 0.443 e. The molecule has 2 aromatic carbocycles. The highest BCUT2D eigenvalue weighted by Gasteiger charge is 2.35. The summed E-state index contributed by atoms with van der Waals surface area (Å²) in [5.41, 5.74) is 0.609. The third kappa shape index (κ3) is 3.36. The summed E-state index contributed by atoms with van der Waals surface area (Å²) >= 11 is 0. The van der Waals surface area contributed by atoms with Gasteiger partial charge in [-0.1, -0.05) is 6.07 Å². The Hall–Kier alpha value is -3.38. The van der Waals surface area contributed by atoms with E-state index in [4.69, 9.17) is 15.2 Å². The first-order valence-electron chi connectivity index (χ1n) is 7.26. The van der Waals surface area contributed by atoms with Crippen LogP contribution in [0.15, 0.2) is 41.4 Å². The lowest BCUT2D eigenvalue weighted by atomic mass is 10.0. The fourth-order valence-electron chi connectivity index (χ4n) is 2.50. The van der Waals surface area contributed by atoms with Crippen LogP contribution in [0, 0.1) is 11.3 Å². The minimum Gasteiger partial charge on any atom is -0.443 e. The molecule has 0 aliphatic carbocycles. The summed E-state index contributed by atoms with van der Waals surface area (Å²) in [5, 5.41) is 17.6. The van der Waals surface area contributed by atoms with Crippen LogP contribution in [0.3, 0.4) is 0 Å². The number of fused-ring (bicyclic) bond motifs is 1. The fourth-order valence-corrected chi connectivity index (χ4v) is 2.50. The van der Waals surface area contributed by atoms with Crippen LogP contribution in [0.1, 0.15) is 27.0 Å². The number of ether oxygens (including phenoxy) is 1. The molecule has 1 aliphatic rings. The van der Waals surface area contributed by atoms with Gasteiger partial charge in [0.2, 0.25) is 0 Å². The average molecular weight is 361 g/mol. The summed E-state index contributed by atoms with van der Waals surface area (Å²) in [6.07, 6.45) is -4.63. The number of amides is 1. The lowest BCUT2D eigenvalue weighted by Crippen LogP contribution is -2.18. The second kappa shape index (κ2) is 6.50. The van der Waals surface area contributed by atoms with Crippen molar-refractivity contribution in [3.05, 3.63) is 58.7 Å². The number of nitriles is 1. The van der Waals surface area contributed by atoms with Gasteiger partial charge >= 0.3 is 6.18 Å². The Labute approximate surface area is 145 Å². The van der Waals surface area contributed by atoms with E-state index < -0.39 is 23.2 Å². The number of carbonyl (C=O) groups excluding carboxylic acids is 1. The third-order valence-corrected chi connectivity index (χ3v) is 3.66. The van der Waals surface area contributed by atoms with E-state index in [0.717, 1.165) is 12.1 Å². The molecule has 1 amide bonds. The predicted octanol–water partition coefficient (Wildman–Crippen LogP) is 3.36. The van der Waals surface area contributed by atoms with Gasteiger partial charge in [0.1, 0.15) is 5.75 Å². The molecule has 2 N–H and O–H groups in total. The van der Waals surface area contributed by atoms with Gasteiger partial charge in [0.05, 0.1) is 29.3 Å². The number of nitrogens with one attached hydrogen (secondary N) is 1. The second-order valence-corrected chi connectivity index (χ2v) is 5.39. The van der Waals surface area contributed by atoms with E-state index in [1.54, 1.807) is 0 Å². The molecule has 0 unspecified atom stereocenters. The Bertz CT molecular complexity index is 962. The van der Waals surface area contributed by atoms with Crippen LogP contribution in [0.25, 0.3) is 0 Å². The van der Waals surface area contributed by atoms with E-state index in [1.165, 1.54) is 35.8 Å². The van der Waals surface area contributed by atoms with E-state index >= 15 is 0 Å². The van der Waals surface area contributed by atoms with Crippen molar-refractivity contribution in [1.82, 2.24) is 5.48 Å². The van der Waals surface area contributed by atoms with E-state index in [-0.39, 0.29) is 34.9 Å². The maximum atomic E-state index is 13.0. The smallest absolute Gasteiger partial charge is 0.417 e. The Morgan fingerprint density at radius 2 is 2.08 bits per heavy atom. The fraction of sp³-hybridized carbons (Fsp3) is 0.118. The lowest BCUT2D eigenvalue weighted by molar-refractivity contribution is -0.137. The summed E-state index contributed by atoms with van der Waals surface area (Å²) in [6, 6.07) is 9.32. The lowest BCUT2D eigenvalue weighted by Gasteiger charge is -2.10. The molecule has 0 saturated carbocycles. The first-order chi connectivity index (χ1) is 12.3. The van der Waals surface area contributed by atoms with Gasteiger partial charge in [-0.05, 0) is 35.9 Å². The second-order valence-electron chi connectivity index (χ2n) is 5.39. The van der Waals surface area contributed by atoms with Crippen molar-refractivity contribution >= 4 is 17.5 Å². The van der Waals surface area contributed by atoms with E-state index in [9.17, 15) is 18.0 Å². The molecule has 0 radical (unpaired) electrons. The molecule has 1 aliphatic heterocycles. The predicted molar refractivity (Wildman–Crippen MR) is 83.3 cm³/mol. The Morgan fingerprint density at radius 3 is 2.73 bits per heavy atom. The molecule has 0 bridgehead atoms. The molecule has 2 aromatic rings. The van der Waals surface area contributed by atoms with Gasteiger partial charge in [0.25, 0.3) is 5.91 Å². The highest BCUT2D eigenvalue weighted by Crippen LogP contribution is 2.38. The van der Waals surface area contributed by atoms with Crippen LogP contribution in [-0.2, 0) is 12.6 Å². The molecule has 0 aromatic heterocycles. The van der Waals surface area contributed by atoms with Gasteiger partial charge in [-0.2, -0.15) is 18.4 Å². The SMILES string of the molecule is N#Cc1cc2c(cc1C(F)(F)F)CC(Oc1cccc(C(=O)NO)c1)=N2. The zero-order valence-electron chi connectivity index (χ0n) is 13.0. The minimum atomic E-state index is -4.64. The van der Waals surface area contributed by atoms with Crippen LogP contribution in [0.5, 0.6) is 5.75 Å². The maximum absolute atomic E-state index is 13.0. The molecule has 0 saturated heterocycles. The van der Waals surface area contributed by atoms with Crippen molar-refractivity contribution in [2.24, 2.45) is 4.99 Å². The monoisotopic (exact) mass is 361 g/mol. The van der Waals surface area contributed by atoms with Gasteiger partial charge in [-0.3, -0.25) is 10.0 Å². The van der Waals surface area contributed by atoms with Crippen LogP contribution in [0.2, 0.25) is 0 Å². The standard InChI is InChI=1S/C17H10F3N3O3/c18-17(19,20)13-5-10-7-15(22-14(10)6-11(13)8-21)26-12-3-1-2-9(4-12)16(24)23-25/h1-6,25H,7H2,(H,23,24). The normalized spacial score (nSPS) is 12.8. The van der Waals surface area contributed by atoms with E-state index in [1.807, 2.05) is 0 Å². The molecule has 26 heavy (non-hydrogen) atoms. The van der Waals surface area contributed by atoms with Crippen molar-refractivity contribution in [2.45, 2.75) is 12.6 Å². The first kappa shape index (κ1) is 17.4. The van der Waals surface area contributed by atoms with E-state index in [2.05, 4.69) is 4.99 Å². The summed E-state index contributed by atoms with van der Waals surface area (Å²) in [7, 11) is 0.